The van der Waals surface area contributed by atoms with Crippen LogP contribution in [0.2, 0.25) is 0 Å². The summed E-state index contributed by atoms with van der Waals surface area (Å²) in [5.41, 5.74) is 22.5. The largest absolute Gasteiger partial charge is 0.496 e. The van der Waals surface area contributed by atoms with Gasteiger partial charge in [-0.15, -0.1) is 0 Å². The van der Waals surface area contributed by atoms with E-state index in [1.165, 1.54) is 0 Å². The number of para-hydroxylation sites is 2. The summed E-state index contributed by atoms with van der Waals surface area (Å²) >= 11 is 0. The lowest BCUT2D eigenvalue weighted by atomic mass is 9.86. The van der Waals surface area contributed by atoms with Crippen molar-refractivity contribution in [3.8, 4) is 118 Å². The zero-order valence-electron chi connectivity index (χ0n) is 39.5. The smallest absolute Gasteiger partial charge is 0.127 e. The highest BCUT2D eigenvalue weighted by Crippen LogP contribution is 2.45. The van der Waals surface area contributed by atoms with Crippen LogP contribution in [0.4, 0.5) is 0 Å². The van der Waals surface area contributed by atoms with Crippen molar-refractivity contribution < 1.29 is 4.74 Å². The Morgan fingerprint density at radius 3 is 1.10 bits per heavy atom. The summed E-state index contributed by atoms with van der Waals surface area (Å²) in [6.07, 6.45) is 3.68. The number of hydrogen-bond donors (Lipinski definition) is 0. The molecule has 0 atom stereocenters. The molecule has 5 heteroatoms. The van der Waals surface area contributed by atoms with Gasteiger partial charge in [-0.1, -0.05) is 182 Å². The predicted molar refractivity (Wildman–Crippen MR) is 296 cm³/mol. The van der Waals surface area contributed by atoms with Crippen molar-refractivity contribution >= 4 is 11.0 Å². The number of ether oxygens (including phenoxy) is 1. The van der Waals surface area contributed by atoms with Gasteiger partial charge in [-0.25, -0.2) is 9.97 Å². The van der Waals surface area contributed by atoms with E-state index in [4.69, 9.17) is 14.7 Å². The molecule has 0 saturated carbocycles. The van der Waals surface area contributed by atoms with Crippen LogP contribution in [0.5, 0.6) is 5.75 Å². The van der Waals surface area contributed by atoms with E-state index in [2.05, 4.69) is 180 Å². The first-order valence-corrected chi connectivity index (χ1v) is 24.1. The number of pyridine rings is 2. The minimum Gasteiger partial charge on any atom is -0.496 e. The molecule has 0 fully saturated rings. The van der Waals surface area contributed by atoms with Crippen LogP contribution < -0.4 is 4.74 Å². The lowest BCUT2D eigenvalue weighted by Gasteiger charge is -2.19. The fourth-order valence-corrected chi connectivity index (χ4v) is 9.80. The van der Waals surface area contributed by atoms with Crippen LogP contribution in [0.3, 0.4) is 0 Å². The lowest BCUT2D eigenvalue weighted by Crippen LogP contribution is -1.97. The number of aromatic nitrogens is 4. The van der Waals surface area contributed by atoms with Crippen LogP contribution >= 0.6 is 0 Å². The first kappa shape index (κ1) is 43.7. The fourth-order valence-electron chi connectivity index (χ4n) is 9.80. The molecule has 72 heavy (non-hydrogen) atoms. The number of methoxy groups -OCH3 is 1. The second kappa shape index (κ2) is 19.4. The number of fused-ring (bicyclic) bond motifs is 1. The van der Waals surface area contributed by atoms with Gasteiger partial charge in [0.25, 0.3) is 0 Å². The average molecular weight is 923 g/mol. The van der Waals surface area contributed by atoms with Crippen LogP contribution in [0.25, 0.3) is 123 Å². The summed E-state index contributed by atoms with van der Waals surface area (Å²) in [6, 6.07) is 87.3. The molecule has 0 N–H and O–H groups in total. The molecule has 0 spiro atoms. The van der Waals surface area contributed by atoms with Crippen LogP contribution in [0.15, 0.2) is 261 Å². The minimum atomic E-state index is 0.740. The topological polar surface area (TPSA) is 60.8 Å². The molecule has 3 heterocycles. The van der Waals surface area contributed by atoms with Gasteiger partial charge in [-0.3, -0.25) is 9.97 Å². The molecule has 0 aliphatic heterocycles. The SMILES string of the molecule is COc1cc(-c2nc3ccccc3nc2-c2ccccc2)ccc1-c1ccccc1-c1cc(-c2ccccc2-c2ccc(-c3ccccn3)cc2)cc(-c2ccccc2-c2ccc(-c3ccccn3)cc2)c1. The first-order valence-electron chi connectivity index (χ1n) is 24.1. The minimum absolute atomic E-state index is 0.740. The molecule has 0 aliphatic rings. The highest BCUT2D eigenvalue weighted by atomic mass is 16.5. The van der Waals surface area contributed by atoms with Gasteiger partial charge in [0, 0.05) is 40.2 Å². The average Bonchev–Trinajstić information content (AvgIpc) is 3.47. The van der Waals surface area contributed by atoms with Gasteiger partial charge in [-0.05, 0) is 128 Å². The third-order valence-corrected chi connectivity index (χ3v) is 13.3. The first-order chi connectivity index (χ1) is 35.6. The Morgan fingerprint density at radius 2 is 0.639 bits per heavy atom. The maximum absolute atomic E-state index is 6.32. The molecular formula is C67H46N4O. The fraction of sp³-hybridized carbons (Fsp3) is 0.0149. The monoisotopic (exact) mass is 922 g/mol. The maximum atomic E-state index is 6.32. The van der Waals surface area contributed by atoms with Crippen molar-refractivity contribution in [3.63, 3.8) is 0 Å². The van der Waals surface area contributed by atoms with E-state index >= 15 is 0 Å². The van der Waals surface area contributed by atoms with Gasteiger partial charge in [0.05, 0.1) is 40.9 Å². The molecule has 0 bridgehead atoms. The Bertz CT molecular complexity index is 3730. The standard InChI is InChI=1S/C67H46N4O/c1-72-65-44-50(67-66(49-17-3-2-4-18-49)70-63-27-11-12-28-64(63)71-67)37-38-60(65)59-24-10-9-23-58(59)53-42-51(56-21-7-5-19-54(56)45-29-33-47(34-30-45)61-25-13-15-39-68-61)41-52(43-53)57-22-8-6-20-55(57)46-31-35-48(36-32-46)62-26-14-16-40-69-62/h2-44H,1H3. The number of hydrogen-bond acceptors (Lipinski definition) is 5. The Hall–Kier alpha value is -9.58. The number of benzene rings is 9. The normalized spacial score (nSPS) is 11.1. The van der Waals surface area contributed by atoms with Gasteiger partial charge in [0.15, 0.2) is 0 Å². The molecule has 0 unspecified atom stereocenters. The van der Waals surface area contributed by atoms with Crippen molar-refractivity contribution in [2.24, 2.45) is 0 Å². The summed E-state index contributed by atoms with van der Waals surface area (Å²) in [6.45, 7) is 0. The Labute approximate surface area is 419 Å². The van der Waals surface area contributed by atoms with Gasteiger partial charge >= 0.3 is 0 Å². The van der Waals surface area contributed by atoms with Crippen LogP contribution in [-0.4, -0.2) is 27.0 Å². The summed E-state index contributed by atoms with van der Waals surface area (Å²) in [5.74, 6) is 0.740. The molecule has 0 aliphatic carbocycles. The lowest BCUT2D eigenvalue weighted by molar-refractivity contribution is 0.416. The Balaban J connectivity index is 1.01. The molecular weight excluding hydrogens is 877 g/mol. The zero-order valence-corrected chi connectivity index (χ0v) is 39.5. The van der Waals surface area contributed by atoms with Crippen molar-refractivity contribution in [1.82, 2.24) is 19.9 Å². The molecule has 12 rings (SSSR count). The number of rotatable bonds is 11. The van der Waals surface area contributed by atoms with E-state index in [1.54, 1.807) is 7.11 Å². The van der Waals surface area contributed by atoms with Gasteiger partial charge < -0.3 is 4.74 Å². The molecule has 0 radical (unpaired) electrons. The molecule has 12 aromatic rings. The molecule has 340 valence electrons. The third-order valence-electron chi connectivity index (χ3n) is 13.3. The van der Waals surface area contributed by atoms with E-state index < -0.39 is 0 Å². The summed E-state index contributed by atoms with van der Waals surface area (Å²) < 4.78 is 6.32. The second-order valence-electron chi connectivity index (χ2n) is 17.7. The van der Waals surface area contributed by atoms with Gasteiger partial charge in [0.1, 0.15) is 5.75 Å². The predicted octanol–water partition coefficient (Wildman–Crippen LogP) is 17.1. The molecule has 9 aromatic carbocycles. The van der Waals surface area contributed by atoms with Crippen molar-refractivity contribution in [2.45, 2.75) is 0 Å². The second-order valence-corrected chi connectivity index (χ2v) is 17.7. The van der Waals surface area contributed by atoms with Crippen molar-refractivity contribution in [2.75, 3.05) is 7.11 Å². The molecule has 5 nitrogen and oxygen atoms in total. The van der Waals surface area contributed by atoms with Crippen molar-refractivity contribution in [1.29, 1.82) is 0 Å². The number of nitrogens with zero attached hydrogens (tertiary/aromatic N) is 4. The van der Waals surface area contributed by atoms with Crippen LogP contribution in [-0.2, 0) is 0 Å². The van der Waals surface area contributed by atoms with Crippen LogP contribution in [0.1, 0.15) is 0 Å². The zero-order chi connectivity index (χ0) is 48.2. The molecule has 0 amide bonds. The van der Waals surface area contributed by atoms with Crippen LogP contribution in [0, 0.1) is 0 Å². The summed E-state index contributed by atoms with van der Waals surface area (Å²) in [4.78, 5) is 19.6. The maximum Gasteiger partial charge on any atom is 0.127 e. The van der Waals surface area contributed by atoms with Gasteiger partial charge in [0.2, 0.25) is 0 Å². The molecule has 3 aromatic heterocycles. The van der Waals surface area contributed by atoms with E-state index in [0.29, 0.717) is 0 Å². The van der Waals surface area contributed by atoms with E-state index in [1.807, 2.05) is 91.3 Å². The highest BCUT2D eigenvalue weighted by Gasteiger charge is 2.20. The third kappa shape index (κ3) is 8.61. The Kier molecular flexibility index (Phi) is 11.8. The summed E-state index contributed by atoms with van der Waals surface area (Å²) in [7, 11) is 1.74. The van der Waals surface area contributed by atoms with E-state index in [9.17, 15) is 0 Å². The summed E-state index contributed by atoms with van der Waals surface area (Å²) in [5, 5.41) is 0. The van der Waals surface area contributed by atoms with E-state index in [0.717, 1.165) is 129 Å². The quantitative estimate of drug-likeness (QED) is 0.129. The van der Waals surface area contributed by atoms with Crippen molar-refractivity contribution in [3.05, 3.63) is 261 Å². The highest BCUT2D eigenvalue weighted by molar-refractivity contribution is 5.96. The molecule has 0 saturated heterocycles. The van der Waals surface area contributed by atoms with Gasteiger partial charge in [-0.2, -0.15) is 0 Å². The van der Waals surface area contributed by atoms with E-state index in [-0.39, 0.29) is 0 Å². The Morgan fingerprint density at radius 1 is 0.264 bits per heavy atom.